The summed E-state index contributed by atoms with van der Waals surface area (Å²) in [4.78, 5) is 29.5. The zero-order valence-corrected chi connectivity index (χ0v) is 23.4. The van der Waals surface area contributed by atoms with Crippen LogP contribution in [0.4, 0.5) is 0 Å². The lowest BCUT2D eigenvalue weighted by atomic mass is 9.41. The van der Waals surface area contributed by atoms with Crippen molar-refractivity contribution < 1.29 is 29.3 Å². The quantitative estimate of drug-likeness (QED) is 0.345. The summed E-state index contributed by atoms with van der Waals surface area (Å²) in [5.41, 5.74) is -1.49. The van der Waals surface area contributed by atoms with Gasteiger partial charge in [0.15, 0.2) is 0 Å². The summed E-state index contributed by atoms with van der Waals surface area (Å²) in [6.07, 6.45) is 11.0. The van der Waals surface area contributed by atoms with Crippen molar-refractivity contribution in [3.8, 4) is 0 Å². The minimum absolute atomic E-state index is 0.0667. The number of fused-ring (bicyclic) bond motifs is 2. The number of piperidine rings is 1. The van der Waals surface area contributed by atoms with E-state index in [-0.39, 0.29) is 42.7 Å². The Morgan fingerprint density at radius 2 is 1.95 bits per heavy atom. The molecule has 6 rings (SSSR count). The van der Waals surface area contributed by atoms with E-state index in [1.165, 1.54) is 0 Å². The molecule has 0 aromatic carbocycles. The Labute approximate surface area is 227 Å². The first-order chi connectivity index (χ1) is 18.2. The van der Waals surface area contributed by atoms with E-state index in [0.717, 1.165) is 76.4 Å². The molecule has 4 aliphatic carbocycles. The summed E-state index contributed by atoms with van der Waals surface area (Å²) in [5, 5.41) is 20.3. The maximum Gasteiger partial charge on any atom is 0.315 e. The van der Waals surface area contributed by atoms with Crippen LogP contribution in [0.2, 0.25) is 0 Å². The number of carboxylic acids is 1. The number of carbonyl (C=O) groups is 2. The number of nitrogens with zero attached hydrogens (tertiary/aromatic N) is 1. The zero-order chi connectivity index (χ0) is 26.9. The summed E-state index contributed by atoms with van der Waals surface area (Å²) in [6, 6.07) is 0. The van der Waals surface area contributed by atoms with Gasteiger partial charge in [0.05, 0.1) is 36.9 Å². The van der Waals surface area contributed by atoms with Crippen molar-refractivity contribution in [2.24, 2.45) is 45.8 Å². The summed E-state index contributed by atoms with van der Waals surface area (Å²) < 4.78 is 12.7. The maximum absolute atomic E-state index is 13.7. The van der Waals surface area contributed by atoms with Crippen molar-refractivity contribution >= 4 is 12.3 Å². The SMILES string of the molecule is CC(C)C1=CC2CC3(C=O)[C@@H]4CC[C@@H](C)[C@H]4CC2(C2CCC(CN4CCC(OCCO)CC4)O2)C13C(=O)O. The molecule has 5 fully saturated rings. The smallest absolute Gasteiger partial charge is 0.315 e. The summed E-state index contributed by atoms with van der Waals surface area (Å²) >= 11 is 0. The number of carboxylic acid groups (broad SMARTS) is 1. The molecule has 0 aromatic heterocycles. The Morgan fingerprint density at radius 3 is 2.61 bits per heavy atom. The molecule has 0 radical (unpaired) electrons. The first kappa shape index (κ1) is 26.9. The van der Waals surface area contributed by atoms with Gasteiger partial charge in [-0.25, -0.2) is 0 Å². The minimum Gasteiger partial charge on any atom is -0.481 e. The number of ether oxygens (including phenoxy) is 2. The number of aliphatic hydroxyl groups excluding tert-OH is 1. The second-order valence-corrected chi connectivity index (χ2v) is 13.8. The molecule has 6 unspecified atom stereocenters. The topological polar surface area (TPSA) is 96.3 Å². The molecule has 0 amide bonds. The highest BCUT2D eigenvalue weighted by atomic mass is 16.5. The van der Waals surface area contributed by atoms with Gasteiger partial charge in [0.2, 0.25) is 0 Å². The van der Waals surface area contributed by atoms with Crippen molar-refractivity contribution in [2.45, 2.75) is 90.4 Å². The van der Waals surface area contributed by atoms with Gasteiger partial charge in [-0.1, -0.05) is 38.8 Å². The number of hydrogen-bond acceptors (Lipinski definition) is 6. The number of likely N-dealkylation sites (tertiary alicyclic amines) is 1. The number of aliphatic carboxylic acids is 1. The molecule has 2 saturated heterocycles. The highest BCUT2D eigenvalue weighted by molar-refractivity contribution is 5.90. The maximum atomic E-state index is 13.7. The Balaban J connectivity index is 1.29. The normalized spacial score (nSPS) is 46.5. The first-order valence-electron chi connectivity index (χ1n) is 15.3. The number of allylic oxidation sites excluding steroid dienone is 1. The van der Waals surface area contributed by atoms with Crippen molar-refractivity contribution in [1.82, 2.24) is 4.90 Å². The summed E-state index contributed by atoms with van der Waals surface area (Å²) in [6.45, 7) is 9.80. The molecule has 9 atom stereocenters. The number of aliphatic hydroxyl groups is 1. The molecule has 2 heterocycles. The van der Waals surface area contributed by atoms with Crippen molar-refractivity contribution in [3.05, 3.63) is 11.6 Å². The Morgan fingerprint density at radius 1 is 1.18 bits per heavy atom. The molecule has 6 aliphatic rings. The van der Waals surface area contributed by atoms with Crippen LogP contribution in [0.1, 0.15) is 72.1 Å². The molecule has 4 bridgehead atoms. The van der Waals surface area contributed by atoms with Crippen LogP contribution >= 0.6 is 0 Å². The molecule has 7 heteroatoms. The number of hydrogen-bond donors (Lipinski definition) is 2. The van der Waals surface area contributed by atoms with Gasteiger partial charge in [-0.15, -0.1) is 0 Å². The Kier molecular flexibility index (Phi) is 6.85. The van der Waals surface area contributed by atoms with E-state index in [1.54, 1.807) is 0 Å². The predicted molar refractivity (Wildman–Crippen MR) is 142 cm³/mol. The average Bonchev–Trinajstić information content (AvgIpc) is 3.63. The number of aldehydes is 1. The van der Waals surface area contributed by atoms with Gasteiger partial charge in [-0.2, -0.15) is 0 Å². The molecule has 0 aromatic rings. The van der Waals surface area contributed by atoms with Gasteiger partial charge in [-0.3, -0.25) is 4.79 Å². The Bertz CT molecular complexity index is 973. The zero-order valence-electron chi connectivity index (χ0n) is 23.4. The van der Waals surface area contributed by atoms with E-state index in [2.05, 4.69) is 31.7 Å². The lowest BCUT2D eigenvalue weighted by molar-refractivity contribution is -0.197. The van der Waals surface area contributed by atoms with E-state index >= 15 is 0 Å². The predicted octanol–water partition coefficient (Wildman–Crippen LogP) is 3.93. The van der Waals surface area contributed by atoms with E-state index in [1.807, 2.05) is 0 Å². The fourth-order valence-corrected chi connectivity index (χ4v) is 10.8. The van der Waals surface area contributed by atoms with E-state index in [0.29, 0.717) is 24.9 Å². The van der Waals surface area contributed by atoms with E-state index < -0.39 is 22.2 Å². The Hall–Kier alpha value is -1.28. The van der Waals surface area contributed by atoms with Crippen molar-refractivity contribution in [1.29, 1.82) is 0 Å². The molecule has 2 aliphatic heterocycles. The monoisotopic (exact) mass is 529 g/mol. The van der Waals surface area contributed by atoms with Gasteiger partial charge in [0, 0.05) is 25.0 Å². The van der Waals surface area contributed by atoms with Gasteiger partial charge in [0.25, 0.3) is 0 Å². The minimum atomic E-state index is -1.15. The molecule has 0 spiro atoms. The number of carbonyl (C=O) groups excluding carboxylic acids is 1. The molecule has 2 N–H and O–H groups in total. The van der Waals surface area contributed by atoms with Gasteiger partial charge >= 0.3 is 5.97 Å². The van der Waals surface area contributed by atoms with Gasteiger partial charge in [-0.05, 0) is 74.5 Å². The second-order valence-electron chi connectivity index (χ2n) is 13.8. The number of rotatable bonds is 9. The van der Waals surface area contributed by atoms with Crippen LogP contribution in [0.25, 0.3) is 0 Å². The summed E-state index contributed by atoms with van der Waals surface area (Å²) in [7, 11) is 0. The van der Waals surface area contributed by atoms with Gasteiger partial charge < -0.3 is 29.4 Å². The highest BCUT2D eigenvalue weighted by Gasteiger charge is 2.86. The lowest BCUT2D eigenvalue weighted by Crippen LogP contribution is -2.65. The van der Waals surface area contributed by atoms with Gasteiger partial charge in [0.1, 0.15) is 11.7 Å². The third-order valence-electron chi connectivity index (χ3n) is 12.1. The molecular formula is C31H47NO6. The van der Waals surface area contributed by atoms with Crippen molar-refractivity contribution in [2.75, 3.05) is 32.8 Å². The average molecular weight is 530 g/mol. The summed E-state index contributed by atoms with van der Waals surface area (Å²) in [5.74, 6) is 0.506. The van der Waals surface area contributed by atoms with E-state index in [4.69, 9.17) is 14.6 Å². The van der Waals surface area contributed by atoms with Crippen LogP contribution in [-0.2, 0) is 19.1 Å². The van der Waals surface area contributed by atoms with Crippen molar-refractivity contribution in [3.63, 3.8) is 0 Å². The van der Waals surface area contributed by atoms with Crippen LogP contribution in [-0.4, -0.2) is 78.5 Å². The standard InChI is InChI=1S/C31H47NO6/c1-19(2)26-14-21-15-29(18-34)25-6-4-20(3)24(25)16-30(21,31(26,29)28(35)36)27-7-5-23(38-27)17-32-10-8-22(9-11-32)37-13-12-33/h14,18-25,27,33H,4-13,15-17H2,1-3H3,(H,35,36)/t20-,21?,23?,24-,25-,27?,29?,30?,31?/m1/s1. The van der Waals surface area contributed by atoms with Crippen LogP contribution < -0.4 is 0 Å². The molecule has 3 saturated carbocycles. The molecule has 38 heavy (non-hydrogen) atoms. The molecule has 212 valence electrons. The molecule has 7 nitrogen and oxygen atoms in total. The van der Waals surface area contributed by atoms with Crippen LogP contribution in [0, 0.1) is 45.8 Å². The largest absolute Gasteiger partial charge is 0.481 e. The fourth-order valence-electron chi connectivity index (χ4n) is 10.8. The first-order valence-corrected chi connectivity index (χ1v) is 15.3. The lowest BCUT2D eigenvalue weighted by Gasteiger charge is -2.60. The highest BCUT2D eigenvalue weighted by Crippen LogP contribution is 2.84. The second kappa shape index (κ2) is 9.67. The third kappa shape index (κ3) is 3.40. The third-order valence-corrected chi connectivity index (χ3v) is 12.1. The van der Waals surface area contributed by atoms with Crippen LogP contribution in [0.3, 0.4) is 0 Å². The van der Waals surface area contributed by atoms with Crippen LogP contribution in [0.15, 0.2) is 11.6 Å². The fraction of sp³-hybridized carbons (Fsp3) is 0.871. The molecular weight excluding hydrogens is 482 g/mol. The van der Waals surface area contributed by atoms with Crippen LogP contribution in [0.5, 0.6) is 0 Å². The van der Waals surface area contributed by atoms with E-state index in [9.17, 15) is 14.7 Å².